The molecule has 0 heterocycles. The van der Waals surface area contributed by atoms with Crippen molar-refractivity contribution >= 4 is 11.9 Å². The van der Waals surface area contributed by atoms with E-state index >= 15 is 0 Å². The van der Waals surface area contributed by atoms with Crippen LogP contribution in [-0.4, -0.2) is 22.6 Å². The molecule has 2 saturated carbocycles. The van der Waals surface area contributed by atoms with Crippen molar-refractivity contribution in [3.63, 3.8) is 0 Å². The first-order valence-electron chi connectivity index (χ1n) is 9.79. The fourth-order valence-corrected chi connectivity index (χ4v) is 4.63. The van der Waals surface area contributed by atoms with Gasteiger partial charge in [-0.3, -0.25) is 9.59 Å². The second-order valence-electron chi connectivity index (χ2n) is 8.48. The summed E-state index contributed by atoms with van der Waals surface area (Å²) in [4.78, 5) is 23.9. The van der Waals surface area contributed by atoms with Gasteiger partial charge in [0.15, 0.2) is 0 Å². The fraction of sp³-hybridized carbons (Fsp3) is 0.900. The Morgan fingerprint density at radius 1 is 0.958 bits per heavy atom. The third-order valence-corrected chi connectivity index (χ3v) is 6.26. The largest absolute Gasteiger partial charge is 0.481 e. The van der Waals surface area contributed by atoms with Gasteiger partial charge in [-0.25, -0.2) is 0 Å². The van der Waals surface area contributed by atoms with E-state index in [0.29, 0.717) is 12.8 Å². The summed E-state index contributed by atoms with van der Waals surface area (Å²) in [6, 6.07) is 0. The number of hydrogen-bond acceptors (Lipinski definition) is 3. The van der Waals surface area contributed by atoms with Crippen molar-refractivity contribution in [2.24, 2.45) is 11.3 Å². The molecule has 0 aromatic carbocycles. The second kappa shape index (κ2) is 8.35. The Morgan fingerprint density at radius 2 is 1.50 bits per heavy atom. The number of carbonyl (C=O) groups is 2. The Labute approximate surface area is 146 Å². The molecule has 0 aliphatic heterocycles. The van der Waals surface area contributed by atoms with Crippen LogP contribution in [0.25, 0.3) is 0 Å². The number of carboxylic acids is 1. The molecule has 138 valence electrons. The predicted molar refractivity (Wildman–Crippen MR) is 93.8 cm³/mol. The van der Waals surface area contributed by atoms with Gasteiger partial charge in [-0.15, -0.1) is 0 Å². The van der Waals surface area contributed by atoms with E-state index in [0.717, 1.165) is 51.4 Å². The van der Waals surface area contributed by atoms with Crippen molar-refractivity contribution in [2.75, 3.05) is 0 Å². The number of esters is 1. The maximum absolute atomic E-state index is 13.0. The summed E-state index contributed by atoms with van der Waals surface area (Å²) >= 11 is 0. The summed E-state index contributed by atoms with van der Waals surface area (Å²) in [5.74, 6) is -1.01. The molecule has 1 atom stereocenters. The van der Waals surface area contributed by atoms with E-state index in [2.05, 4.69) is 13.8 Å². The number of carbonyl (C=O) groups excluding carboxylic acids is 1. The molecule has 0 radical (unpaired) electrons. The molecule has 2 aliphatic rings. The minimum absolute atomic E-state index is 0.0289. The zero-order valence-electron chi connectivity index (χ0n) is 15.4. The number of carboxylic acid groups (broad SMARTS) is 1. The van der Waals surface area contributed by atoms with E-state index < -0.39 is 5.97 Å². The van der Waals surface area contributed by atoms with Crippen molar-refractivity contribution in [2.45, 2.75) is 103 Å². The lowest BCUT2D eigenvalue weighted by atomic mass is 9.65. The van der Waals surface area contributed by atoms with Gasteiger partial charge in [0, 0.05) is 6.42 Å². The van der Waals surface area contributed by atoms with Crippen molar-refractivity contribution < 1.29 is 19.4 Å². The number of aliphatic carboxylic acids is 1. The highest BCUT2D eigenvalue weighted by molar-refractivity contribution is 5.74. The van der Waals surface area contributed by atoms with E-state index in [1.807, 2.05) is 0 Å². The number of hydrogen-bond donors (Lipinski definition) is 1. The van der Waals surface area contributed by atoms with Gasteiger partial charge in [0.2, 0.25) is 0 Å². The van der Waals surface area contributed by atoms with Crippen LogP contribution in [0.3, 0.4) is 0 Å². The Kier molecular flexibility index (Phi) is 6.70. The van der Waals surface area contributed by atoms with Crippen LogP contribution >= 0.6 is 0 Å². The van der Waals surface area contributed by atoms with Crippen LogP contribution in [0.1, 0.15) is 97.3 Å². The van der Waals surface area contributed by atoms with Gasteiger partial charge in [-0.1, -0.05) is 32.6 Å². The molecule has 0 amide bonds. The first-order chi connectivity index (χ1) is 11.3. The fourth-order valence-electron chi connectivity index (χ4n) is 4.63. The first-order valence-corrected chi connectivity index (χ1v) is 9.79. The van der Waals surface area contributed by atoms with E-state index in [9.17, 15) is 9.59 Å². The van der Waals surface area contributed by atoms with Crippen LogP contribution in [0.2, 0.25) is 0 Å². The smallest absolute Gasteiger partial charge is 0.310 e. The average Bonchev–Trinajstić information content (AvgIpc) is 2.52. The maximum Gasteiger partial charge on any atom is 0.310 e. The molecule has 0 aromatic rings. The van der Waals surface area contributed by atoms with Gasteiger partial charge < -0.3 is 9.84 Å². The zero-order valence-corrected chi connectivity index (χ0v) is 15.4. The van der Waals surface area contributed by atoms with Gasteiger partial charge in [-0.2, -0.15) is 0 Å². The molecule has 0 bridgehead atoms. The third kappa shape index (κ3) is 5.22. The summed E-state index contributed by atoms with van der Waals surface area (Å²) < 4.78 is 6.03. The Bertz CT molecular complexity index is 431. The molecule has 0 spiro atoms. The van der Waals surface area contributed by atoms with Crippen LogP contribution in [0, 0.1) is 11.3 Å². The molecule has 2 aliphatic carbocycles. The molecule has 2 rings (SSSR count). The normalized spacial score (nSPS) is 24.1. The van der Waals surface area contributed by atoms with Crippen LogP contribution in [0.15, 0.2) is 0 Å². The van der Waals surface area contributed by atoms with E-state index in [1.54, 1.807) is 0 Å². The topological polar surface area (TPSA) is 63.6 Å². The van der Waals surface area contributed by atoms with Gasteiger partial charge in [0.1, 0.15) is 5.60 Å². The van der Waals surface area contributed by atoms with Crippen LogP contribution in [0.5, 0.6) is 0 Å². The molecule has 1 unspecified atom stereocenters. The lowest BCUT2D eigenvalue weighted by molar-refractivity contribution is -0.172. The first kappa shape index (κ1) is 19.3. The molecule has 4 heteroatoms. The highest BCUT2D eigenvalue weighted by atomic mass is 16.6. The van der Waals surface area contributed by atoms with E-state index in [1.165, 1.54) is 12.8 Å². The predicted octanol–water partition coefficient (Wildman–Crippen LogP) is 5.09. The maximum atomic E-state index is 13.0. The minimum Gasteiger partial charge on any atom is -0.481 e. The third-order valence-electron chi connectivity index (χ3n) is 6.26. The van der Waals surface area contributed by atoms with Crippen molar-refractivity contribution in [1.82, 2.24) is 0 Å². The van der Waals surface area contributed by atoms with Crippen LogP contribution in [0.4, 0.5) is 0 Å². The highest BCUT2D eigenvalue weighted by Gasteiger charge is 2.42. The van der Waals surface area contributed by atoms with Crippen LogP contribution < -0.4 is 0 Å². The van der Waals surface area contributed by atoms with E-state index in [-0.39, 0.29) is 29.3 Å². The van der Waals surface area contributed by atoms with Crippen molar-refractivity contribution in [1.29, 1.82) is 0 Å². The van der Waals surface area contributed by atoms with E-state index in [4.69, 9.17) is 9.84 Å². The molecule has 0 aromatic heterocycles. The molecular formula is C20H34O4. The zero-order chi connectivity index (χ0) is 17.6. The monoisotopic (exact) mass is 338 g/mol. The summed E-state index contributed by atoms with van der Waals surface area (Å²) in [5.41, 5.74) is -0.343. The molecule has 0 saturated heterocycles. The summed E-state index contributed by atoms with van der Waals surface area (Å²) in [7, 11) is 0. The molecule has 4 nitrogen and oxygen atoms in total. The van der Waals surface area contributed by atoms with Crippen LogP contribution in [-0.2, 0) is 14.3 Å². The Hall–Kier alpha value is -1.06. The molecular weight excluding hydrogens is 304 g/mol. The highest BCUT2D eigenvalue weighted by Crippen LogP contribution is 2.45. The molecule has 24 heavy (non-hydrogen) atoms. The lowest BCUT2D eigenvalue weighted by Crippen LogP contribution is -2.42. The van der Waals surface area contributed by atoms with Crippen molar-refractivity contribution in [3.8, 4) is 0 Å². The van der Waals surface area contributed by atoms with Gasteiger partial charge in [-0.05, 0) is 63.7 Å². The number of rotatable bonds is 7. The standard InChI is InChI=1S/C20H34O4/c1-19(12-5-3-6-13-19)16(10-9-11-17(21)22)18(23)24-20(2)14-7-4-8-15-20/h16H,3-15H2,1-2H3,(H,21,22). The Balaban J connectivity index is 2.05. The van der Waals surface area contributed by atoms with Gasteiger partial charge in [0.05, 0.1) is 5.92 Å². The Morgan fingerprint density at radius 3 is 2.04 bits per heavy atom. The SMILES string of the molecule is CC1(OC(=O)C(CCCC(=O)O)C2(C)CCCCC2)CCCCC1. The van der Waals surface area contributed by atoms with Gasteiger partial charge >= 0.3 is 11.9 Å². The second-order valence-corrected chi connectivity index (χ2v) is 8.48. The molecule has 2 fully saturated rings. The summed E-state index contributed by atoms with van der Waals surface area (Å²) in [6.07, 6.45) is 12.4. The summed E-state index contributed by atoms with van der Waals surface area (Å²) in [6.45, 7) is 4.28. The quantitative estimate of drug-likeness (QED) is 0.656. The van der Waals surface area contributed by atoms with Crippen molar-refractivity contribution in [3.05, 3.63) is 0 Å². The lowest BCUT2D eigenvalue weighted by Gasteiger charge is -2.42. The van der Waals surface area contributed by atoms with Gasteiger partial charge in [0.25, 0.3) is 0 Å². The minimum atomic E-state index is -0.782. The number of ether oxygens (including phenoxy) is 1. The average molecular weight is 338 g/mol. The molecule has 1 N–H and O–H groups in total. The summed E-state index contributed by atoms with van der Waals surface area (Å²) in [5, 5.41) is 8.93.